The highest BCUT2D eigenvalue weighted by Crippen LogP contribution is 2.40. The van der Waals surface area contributed by atoms with Crippen molar-refractivity contribution in [1.82, 2.24) is 4.98 Å². The number of nitrogens with one attached hydrogen (secondary N) is 1. The van der Waals surface area contributed by atoms with Crippen LogP contribution in [-0.2, 0) is 0 Å². The molecule has 5 heteroatoms. The highest BCUT2D eigenvalue weighted by molar-refractivity contribution is 7.99. The number of anilines is 2. The summed E-state index contributed by atoms with van der Waals surface area (Å²) in [7, 11) is 3.98. The van der Waals surface area contributed by atoms with E-state index >= 15 is 0 Å². The summed E-state index contributed by atoms with van der Waals surface area (Å²) in [6.45, 7) is 0. The summed E-state index contributed by atoms with van der Waals surface area (Å²) in [5.41, 5.74) is 4.73. The van der Waals surface area contributed by atoms with Crippen molar-refractivity contribution in [2.75, 3.05) is 24.3 Å². The molecule has 0 radical (unpaired) electrons. The summed E-state index contributed by atoms with van der Waals surface area (Å²) in [5, 5.41) is 3.73. The molecule has 0 spiro atoms. The van der Waals surface area contributed by atoms with Gasteiger partial charge in [0.05, 0.1) is 10.8 Å². The Morgan fingerprint density at radius 3 is 1.97 bits per heavy atom. The molecular weight excluding hydrogens is 414 g/mol. The number of benzene rings is 3. The first-order valence-corrected chi connectivity index (χ1v) is 11.3. The van der Waals surface area contributed by atoms with Crippen LogP contribution >= 0.6 is 11.8 Å². The zero-order valence-corrected chi connectivity index (χ0v) is 18.9. The Morgan fingerprint density at radius 2 is 1.41 bits per heavy atom. The van der Waals surface area contributed by atoms with Gasteiger partial charge in [-0.1, -0.05) is 72.4 Å². The highest BCUT2D eigenvalue weighted by Gasteiger charge is 2.20. The van der Waals surface area contributed by atoms with Gasteiger partial charge in [-0.15, -0.1) is 0 Å². The molecule has 0 fully saturated rings. The Bertz CT molecular complexity index is 1120. The average Bonchev–Trinajstić information content (AvgIpc) is 2.84. The third-order valence-corrected chi connectivity index (χ3v) is 6.42. The quantitative estimate of drug-likeness (QED) is 0.344. The maximum atomic E-state index is 13.1. The van der Waals surface area contributed by atoms with Gasteiger partial charge >= 0.3 is 0 Å². The molecule has 0 atom stereocenters. The monoisotopic (exact) mass is 439 g/mol. The minimum atomic E-state index is -0.168. The number of hydrogen-bond acceptors (Lipinski definition) is 4. The van der Waals surface area contributed by atoms with Crippen LogP contribution in [0.2, 0.25) is 0 Å². The van der Waals surface area contributed by atoms with Gasteiger partial charge in [-0.2, -0.15) is 0 Å². The maximum Gasteiger partial charge on any atom is 0.258 e. The molecule has 4 aromatic rings. The number of pyridine rings is 1. The van der Waals surface area contributed by atoms with E-state index < -0.39 is 0 Å². The fraction of sp³-hybridized carbons (Fsp3) is 0.111. The van der Waals surface area contributed by atoms with Crippen LogP contribution in [0.5, 0.6) is 0 Å². The Labute approximate surface area is 193 Å². The van der Waals surface area contributed by atoms with Crippen molar-refractivity contribution in [2.24, 2.45) is 0 Å². The molecule has 0 aliphatic carbocycles. The standard InChI is InChI=1S/C27H25N3OS/c1-30(2)23-17-15-22(16-18-23)29-26(31)24-14-9-19-28-27(24)32-25(20-10-5-3-6-11-20)21-12-7-4-8-13-21/h3-19,25H,1-2H3,(H,29,31). The van der Waals surface area contributed by atoms with Crippen molar-refractivity contribution in [3.05, 3.63) is 120 Å². The number of hydrogen-bond donors (Lipinski definition) is 1. The minimum Gasteiger partial charge on any atom is -0.378 e. The molecule has 0 aliphatic heterocycles. The number of carbonyl (C=O) groups is 1. The lowest BCUT2D eigenvalue weighted by Crippen LogP contribution is -2.14. The number of amides is 1. The second kappa shape index (κ2) is 10.2. The fourth-order valence-electron chi connectivity index (χ4n) is 3.39. The molecule has 0 saturated heterocycles. The molecule has 0 saturated carbocycles. The average molecular weight is 440 g/mol. The third kappa shape index (κ3) is 5.18. The van der Waals surface area contributed by atoms with E-state index in [1.54, 1.807) is 24.0 Å². The number of carbonyl (C=O) groups excluding carboxylic acids is 1. The molecule has 0 unspecified atom stereocenters. The second-order valence-corrected chi connectivity index (χ2v) is 8.66. The first kappa shape index (κ1) is 21.7. The van der Waals surface area contributed by atoms with Gasteiger partial charge in [0, 0.05) is 31.7 Å². The van der Waals surface area contributed by atoms with E-state index in [1.165, 1.54) is 11.1 Å². The SMILES string of the molecule is CN(C)c1ccc(NC(=O)c2cccnc2SC(c2ccccc2)c2ccccc2)cc1. The minimum absolute atomic E-state index is 0.0261. The van der Waals surface area contributed by atoms with Crippen molar-refractivity contribution in [3.63, 3.8) is 0 Å². The zero-order chi connectivity index (χ0) is 22.3. The van der Waals surface area contributed by atoms with Gasteiger partial charge in [-0.3, -0.25) is 4.79 Å². The van der Waals surface area contributed by atoms with Crippen molar-refractivity contribution >= 4 is 29.0 Å². The van der Waals surface area contributed by atoms with Gasteiger partial charge in [-0.05, 0) is 47.5 Å². The van der Waals surface area contributed by atoms with Crippen molar-refractivity contribution in [3.8, 4) is 0 Å². The van der Waals surface area contributed by atoms with Gasteiger partial charge in [0.15, 0.2) is 0 Å². The van der Waals surface area contributed by atoms with Crippen molar-refractivity contribution < 1.29 is 4.79 Å². The van der Waals surface area contributed by atoms with Crippen LogP contribution in [0.25, 0.3) is 0 Å². The van der Waals surface area contributed by atoms with E-state index in [-0.39, 0.29) is 11.2 Å². The summed E-state index contributed by atoms with van der Waals surface area (Å²) < 4.78 is 0. The Balaban J connectivity index is 1.61. The smallest absolute Gasteiger partial charge is 0.258 e. The number of thioether (sulfide) groups is 1. The number of nitrogens with zero attached hydrogens (tertiary/aromatic N) is 2. The summed E-state index contributed by atoms with van der Waals surface area (Å²) in [4.78, 5) is 19.7. The fourth-order valence-corrected chi connectivity index (χ4v) is 4.61. The van der Waals surface area contributed by atoms with E-state index in [1.807, 2.05) is 85.7 Å². The molecule has 1 N–H and O–H groups in total. The molecule has 32 heavy (non-hydrogen) atoms. The highest BCUT2D eigenvalue weighted by atomic mass is 32.2. The largest absolute Gasteiger partial charge is 0.378 e. The predicted octanol–water partition coefficient (Wildman–Crippen LogP) is 6.28. The van der Waals surface area contributed by atoms with Crippen LogP contribution in [-0.4, -0.2) is 25.0 Å². The molecule has 3 aromatic carbocycles. The van der Waals surface area contributed by atoms with Crippen molar-refractivity contribution in [1.29, 1.82) is 0 Å². The lowest BCUT2D eigenvalue weighted by Gasteiger charge is -2.19. The van der Waals surface area contributed by atoms with Gasteiger partial charge in [0.25, 0.3) is 5.91 Å². The molecule has 0 aliphatic rings. The lowest BCUT2D eigenvalue weighted by atomic mass is 10.0. The summed E-state index contributed by atoms with van der Waals surface area (Å²) >= 11 is 1.59. The molecular formula is C27H25N3OS. The Kier molecular flexibility index (Phi) is 6.87. The first-order valence-electron chi connectivity index (χ1n) is 10.4. The predicted molar refractivity (Wildman–Crippen MR) is 134 cm³/mol. The van der Waals surface area contributed by atoms with Crippen LogP contribution in [0.1, 0.15) is 26.7 Å². The molecule has 4 rings (SSSR count). The third-order valence-electron chi connectivity index (χ3n) is 5.09. The Hall–Kier alpha value is -3.57. The number of rotatable bonds is 7. The summed E-state index contributed by atoms with van der Waals surface area (Å²) in [6.07, 6.45) is 1.73. The van der Waals surface area contributed by atoms with Gasteiger partial charge in [0.1, 0.15) is 5.03 Å². The zero-order valence-electron chi connectivity index (χ0n) is 18.1. The second-order valence-electron chi connectivity index (χ2n) is 7.57. The normalized spacial score (nSPS) is 10.7. The van der Waals surface area contributed by atoms with E-state index in [2.05, 4.69) is 34.6 Å². The van der Waals surface area contributed by atoms with E-state index in [4.69, 9.17) is 0 Å². The maximum absolute atomic E-state index is 13.1. The van der Waals surface area contributed by atoms with E-state index in [9.17, 15) is 4.79 Å². The molecule has 4 nitrogen and oxygen atoms in total. The van der Waals surface area contributed by atoms with Crippen LogP contribution in [0, 0.1) is 0 Å². The van der Waals surface area contributed by atoms with Gasteiger partial charge in [0.2, 0.25) is 0 Å². The van der Waals surface area contributed by atoms with Crippen LogP contribution in [0.4, 0.5) is 11.4 Å². The molecule has 1 aromatic heterocycles. The summed E-state index contributed by atoms with van der Waals surface area (Å²) in [6, 6.07) is 32.0. The van der Waals surface area contributed by atoms with Crippen molar-refractivity contribution in [2.45, 2.75) is 10.3 Å². The van der Waals surface area contributed by atoms with Crippen LogP contribution < -0.4 is 10.2 Å². The Morgan fingerprint density at radius 1 is 0.812 bits per heavy atom. The molecule has 160 valence electrons. The van der Waals surface area contributed by atoms with Gasteiger partial charge < -0.3 is 10.2 Å². The number of aromatic nitrogens is 1. The molecule has 1 amide bonds. The topological polar surface area (TPSA) is 45.2 Å². The van der Waals surface area contributed by atoms with E-state index in [0.29, 0.717) is 10.6 Å². The van der Waals surface area contributed by atoms with E-state index in [0.717, 1.165) is 11.4 Å². The van der Waals surface area contributed by atoms with Crippen LogP contribution in [0.3, 0.4) is 0 Å². The first-order chi connectivity index (χ1) is 15.6. The lowest BCUT2D eigenvalue weighted by molar-refractivity contribution is 0.102. The van der Waals surface area contributed by atoms with Crippen LogP contribution in [0.15, 0.2) is 108 Å². The van der Waals surface area contributed by atoms with Gasteiger partial charge in [-0.25, -0.2) is 4.98 Å². The molecule has 0 bridgehead atoms. The summed E-state index contributed by atoms with van der Waals surface area (Å²) in [5.74, 6) is -0.168. The molecule has 1 heterocycles.